The van der Waals surface area contributed by atoms with E-state index in [-0.39, 0.29) is 21.6 Å². The molecule has 13 heteroatoms. The van der Waals surface area contributed by atoms with Crippen LogP contribution in [0.25, 0.3) is 11.8 Å². The number of anilines is 2. The van der Waals surface area contributed by atoms with Gasteiger partial charge >= 0.3 is 6.18 Å². The molecule has 192 valence electrons. The lowest BCUT2D eigenvalue weighted by Gasteiger charge is -2.31. The van der Waals surface area contributed by atoms with Crippen LogP contribution in [0.4, 0.5) is 24.5 Å². The highest BCUT2D eigenvalue weighted by Crippen LogP contribution is 2.19. The van der Waals surface area contributed by atoms with Crippen molar-refractivity contribution in [3.63, 3.8) is 0 Å². The van der Waals surface area contributed by atoms with E-state index in [0.717, 1.165) is 35.4 Å². The Morgan fingerprint density at radius 3 is 2.61 bits per heavy atom. The lowest BCUT2D eigenvalue weighted by atomic mass is 10.2. The van der Waals surface area contributed by atoms with Crippen LogP contribution in [-0.2, 0) is 16.1 Å². The summed E-state index contributed by atoms with van der Waals surface area (Å²) in [6.45, 7) is 2.28. The molecule has 9 nitrogen and oxygen atoms in total. The number of hydrogen-bond donors (Lipinski definition) is 2. The SMILES string of the molecule is CCn1c(=C(C#N)C(=O)NCC(F)(F)F)sc(=CNc2cccc(N(C)C(=O)CN3CCC3)c2)c1=O. The predicted octanol–water partition coefficient (Wildman–Crippen LogP) is 0.801. The molecule has 3 rings (SSSR count). The number of alkyl halides is 3. The summed E-state index contributed by atoms with van der Waals surface area (Å²) < 4.78 is 38.6. The molecule has 2 aromatic rings. The van der Waals surface area contributed by atoms with Gasteiger partial charge in [0.15, 0.2) is 5.57 Å². The van der Waals surface area contributed by atoms with Crippen molar-refractivity contribution in [1.82, 2.24) is 14.8 Å². The second-order valence-corrected chi connectivity index (χ2v) is 9.06. The molecule has 0 spiro atoms. The van der Waals surface area contributed by atoms with Gasteiger partial charge in [-0.3, -0.25) is 23.9 Å². The molecule has 2 amide bonds. The predicted molar refractivity (Wildman–Crippen MR) is 131 cm³/mol. The van der Waals surface area contributed by atoms with Gasteiger partial charge < -0.3 is 15.5 Å². The summed E-state index contributed by atoms with van der Waals surface area (Å²) in [4.78, 5) is 41.1. The Kier molecular flexibility index (Phi) is 8.54. The maximum absolute atomic E-state index is 12.8. The number of nitriles is 1. The molecule has 1 aliphatic rings. The number of likely N-dealkylation sites (N-methyl/N-ethyl adjacent to an activating group) is 1. The van der Waals surface area contributed by atoms with E-state index in [2.05, 4.69) is 10.2 Å². The van der Waals surface area contributed by atoms with Crippen molar-refractivity contribution in [1.29, 1.82) is 5.26 Å². The number of nitrogens with zero attached hydrogens (tertiary/aromatic N) is 4. The first-order chi connectivity index (χ1) is 17.0. The molecule has 36 heavy (non-hydrogen) atoms. The van der Waals surface area contributed by atoms with E-state index in [0.29, 0.717) is 17.9 Å². The first kappa shape index (κ1) is 27.0. The first-order valence-electron chi connectivity index (χ1n) is 11.1. The number of hydrogen-bond acceptors (Lipinski definition) is 7. The van der Waals surface area contributed by atoms with E-state index >= 15 is 0 Å². The maximum Gasteiger partial charge on any atom is 0.405 e. The summed E-state index contributed by atoms with van der Waals surface area (Å²) in [6.07, 6.45) is -2.16. The highest BCUT2D eigenvalue weighted by atomic mass is 32.1. The van der Waals surface area contributed by atoms with Crippen molar-refractivity contribution in [3.05, 3.63) is 43.8 Å². The Labute approximate surface area is 208 Å². The number of likely N-dealkylation sites (tertiary alicyclic amines) is 1. The van der Waals surface area contributed by atoms with E-state index in [1.165, 1.54) is 6.20 Å². The number of thiazole rings is 1. The Morgan fingerprint density at radius 1 is 1.31 bits per heavy atom. The fraction of sp³-hybridized carbons (Fsp3) is 0.391. The van der Waals surface area contributed by atoms with Gasteiger partial charge in [-0.05, 0) is 44.6 Å². The van der Waals surface area contributed by atoms with Crippen molar-refractivity contribution >= 4 is 46.3 Å². The molecule has 1 aliphatic heterocycles. The minimum Gasteiger partial charge on any atom is -0.360 e. The van der Waals surface area contributed by atoms with Crippen molar-refractivity contribution in [2.45, 2.75) is 26.1 Å². The van der Waals surface area contributed by atoms with Crippen molar-refractivity contribution in [3.8, 4) is 6.07 Å². The molecule has 2 N–H and O–H groups in total. The van der Waals surface area contributed by atoms with Gasteiger partial charge in [0.1, 0.15) is 21.8 Å². The third-order valence-electron chi connectivity index (χ3n) is 5.51. The number of rotatable bonds is 8. The molecule has 1 aromatic heterocycles. The van der Waals surface area contributed by atoms with Gasteiger partial charge in [-0.15, -0.1) is 11.3 Å². The smallest absolute Gasteiger partial charge is 0.360 e. The van der Waals surface area contributed by atoms with Crippen LogP contribution in [0.1, 0.15) is 13.3 Å². The van der Waals surface area contributed by atoms with E-state index in [4.69, 9.17) is 0 Å². The van der Waals surface area contributed by atoms with Gasteiger partial charge in [-0.1, -0.05) is 6.07 Å². The van der Waals surface area contributed by atoms with Gasteiger partial charge in [0.05, 0.1) is 6.54 Å². The summed E-state index contributed by atoms with van der Waals surface area (Å²) in [5.41, 5.74) is 0.158. The van der Waals surface area contributed by atoms with Crippen LogP contribution in [0.2, 0.25) is 0 Å². The minimum absolute atomic E-state index is 0.0391. The summed E-state index contributed by atoms with van der Waals surface area (Å²) >= 11 is 0.816. The molecular formula is C23H25F3N6O3S. The average Bonchev–Trinajstić information content (AvgIpc) is 3.13. The van der Waals surface area contributed by atoms with E-state index in [1.54, 1.807) is 54.5 Å². The second-order valence-electron chi connectivity index (χ2n) is 8.03. The molecule has 1 aromatic carbocycles. The maximum atomic E-state index is 12.8. The number of carbonyl (C=O) groups excluding carboxylic acids is 2. The highest BCUT2D eigenvalue weighted by Gasteiger charge is 2.29. The van der Waals surface area contributed by atoms with Crippen molar-refractivity contribution < 1.29 is 22.8 Å². The summed E-state index contributed by atoms with van der Waals surface area (Å²) in [5, 5.41) is 14.0. The van der Waals surface area contributed by atoms with Gasteiger partial charge in [-0.25, -0.2) is 0 Å². The third-order valence-corrected chi connectivity index (χ3v) is 6.64. The molecule has 0 radical (unpaired) electrons. The fourth-order valence-electron chi connectivity index (χ4n) is 3.39. The van der Waals surface area contributed by atoms with Crippen molar-refractivity contribution in [2.24, 2.45) is 0 Å². The van der Waals surface area contributed by atoms with E-state index in [9.17, 15) is 32.8 Å². The largest absolute Gasteiger partial charge is 0.405 e. The molecule has 1 fully saturated rings. The number of nitrogens with one attached hydrogen (secondary N) is 2. The van der Waals surface area contributed by atoms with Crippen LogP contribution < -0.4 is 30.3 Å². The Morgan fingerprint density at radius 2 is 2.03 bits per heavy atom. The number of halogens is 3. The lowest BCUT2D eigenvalue weighted by Crippen LogP contribution is -2.45. The van der Waals surface area contributed by atoms with Crippen LogP contribution in [0.15, 0.2) is 29.1 Å². The monoisotopic (exact) mass is 522 g/mol. The molecule has 0 aliphatic carbocycles. The van der Waals surface area contributed by atoms with E-state index < -0.39 is 29.8 Å². The molecule has 0 bridgehead atoms. The third kappa shape index (κ3) is 6.52. The zero-order valence-corrected chi connectivity index (χ0v) is 20.5. The Balaban J connectivity index is 1.87. The van der Waals surface area contributed by atoms with Crippen LogP contribution in [-0.4, -0.2) is 60.7 Å². The highest BCUT2D eigenvalue weighted by molar-refractivity contribution is 7.07. The number of amides is 2. The Bertz CT molecular complexity index is 1350. The molecule has 0 atom stereocenters. The summed E-state index contributed by atoms with van der Waals surface area (Å²) in [7, 11) is 1.68. The molecular weight excluding hydrogens is 497 g/mol. The van der Waals surface area contributed by atoms with Gasteiger partial charge in [0.25, 0.3) is 11.5 Å². The number of carbonyl (C=O) groups is 2. The molecule has 0 unspecified atom stereocenters. The Hall–Kier alpha value is -3.63. The average molecular weight is 523 g/mol. The number of benzene rings is 1. The fourth-order valence-corrected chi connectivity index (χ4v) is 4.48. The minimum atomic E-state index is -4.64. The van der Waals surface area contributed by atoms with Crippen LogP contribution in [0.3, 0.4) is 0 Å². The molecule has 1 saturated heterocycles. The van der Waals surface area contributed by atoms with Crippen LogP contribution in [0.5, 0.6) is 0 Å². The topological polar surface area (TPSA) is 110 Å². The van der Waals surface area contributed by atoms with Crippen molar-refractivity contribution in [2.75, 3.05) is 43.4 Å². The van der Waals surface area contributed by atoms with Gasteiger partial charge in [-0.2, -0.15) is 18.4 Å². The molecule has 0 saturated carbocycles. The van der Waals surface area contributed by atoms with Gasteiger partial charge in [0.2, 0.25) is 5.91 Å². The van der Waals surface area contributed by atoms with Gasteiger partial charge in [0, 0.05) is 31.2 Å². The summed E-state index contributed by atoms with van der Waals surface area (Å²) in [6, 6.07) is 8.60. The van der Waals surface area contributed by atoms with E-state index in [1.807, 2.05) is 0 Å². The zero-order chi connectivity index (χ0) is 26.5. The zero-order valence-electron chi connectivity index (χ0n) is 19.7. The van der Waals surface area contributed by atoms with Crippen LogP contribution >= 0.6 is 11.3 Å². The summed E-state index contributed by atoms with van der Waals surface area (Å²) in [5.74, 6) is -1.26. The standard InChI is InChI=1S/C23H25F3N6O3S/c1-3-32-21(35)18(36-22(32)17(11-27)20(34)29-14-23(24,25)26)12-28-15-6-4-7-16(10-15)30(2)19(33)13-31-8-5-9-31/h4,6-7,10,12,28H,3,5,8-9,13-14H2,1-2H3,(H,29,34). The quantitative estimate of drug-likeness (QED) is 0.531. The number of aromatic nitrogens is 1. The second kappa shape index (κ2) is 11.4. The first-order valence-corrected chi connectivity index (χ1v) is 11.9. The lowest BCUT2D eigenvalue weighted by molar-refractivity contribution is -0.135. The van der Waals surface area contributed by atoms with Crippen LogP contribution in [0, 0.1) is 11.3 Å². The normalized spacial score (nSPS) is 15.1. The molecule has 2 heterocycles.